The van der Waals surface area contributed by atoms with Crippen molar-refractivity contribution in [1.29, 1.82) is 5.41 Å². The number of alkyl halides is 3. The smallest absolute Gasteiger partial charge is 0.403 e. The lowest BCUT2D eigenvalue weighted by molar-refractivity contribution is -0.201. The molecule has 37 heavy (non-hydrogen) atoms. The van der Waals surface area contributed by atoms with Crippen LogP contribution in [0.2, 0.25) is 5.02 Å². The van der Waals surface area contributed by atoms with Gasteiger partial charge in [0.25, 0.3) is 0 Å². The standard InChI is InChI=1S/C24H26ClF4N5O3/c1-13(9-30)7-16(10-31)32-20(35)21(36)34-11-14(2)33(22(37)23(5-6-23)24(27,28)29)12-19(34)15-3-4-18(26)17(25)8-15/h3-4,7-10,14,19,30H,5-6,11-12,31H2,1-2H3,(H,32,35)/b13-7-,16-10+,30-9?/t14-,19-/m1/s1. The maximum Gasteiger partial charge on any atom is 0.403 e. The first-order chi connectivity index (χ1) is 17.3. The van der Waals surface area contributed by atoms with Crippen LogP contribution in [0.1, 0.15) is 38.3 Å². The third-order valence-corrected chi connectivity index (χ3v) is 6.82. The Hall–Kier alpha value is -3.41. The van der Waals surface area contributed by atoms with E-state index in [1.54, 1.807) is 6.92 Å². The fraction of sp³-hybridized carbons (Fsp3) is 0.417. The number of halogens is 5. The van der Waals surface area contributed by atoms with Gasteiger partial charge in [0.2, 0.25) is 5.91 Å². The molecule has 1 aliphatic carbocycles. The Kier molecular flexibility index (Phi) is 8.01. The summed E-state index contributed by atoms with van der Waals surface area (Å²) in [6.07, 6.45) is -1.97. The van der Waals surface area contributed by atoms with Crippen LogP contribution in [0, 0.1) is 16.6 Å². The first kappa shape index (κ1) is 28.2. The quantitative estimate of drug-likeness (QED) is 0.228. The minimum absolute atomic E-state index is 0.0449. The summed E-state index contributed by atoms with van der Waals surface area (Å²) in [5.74, 6) is -3.98. The van der Waals surface area contributed by atoms with Gasteiger partial charge in [0.1, 0.15) is 11.2 Å². The average molecular weight is 544 g/mol. The van der Waals surface area contributed by atoms with Crippen LogP contribution in [0.5, 0.6) is 0 Å². The number of amides is 3. The zero-order valence-corrected chi connectivity index (χ0v) is 20.8. The van der Waals surface area contributed by atoms with Gasteiger partial charge in [0, 0.05) is 31.5 Å². The van der Waals surface area contributed by atoms with Crippen molar-refractivity contribution in [2.24, 2.45) is 11.1 Å². The van der Waals surface area contributed by atoms with Crippen LogP contribution >= 0.6 is 11.6 Å². The zero-order valence-electron chi connectivity index (χ0n) is 20.0. The second-order valence-electron chi connectivity index (χ2n) is 9.14. The van der Waals surface area contributed by atoms with E-state index in [-0.39, 0.29) is 42.2 Å². The van der Waals surface area contributed by atoms with Crippen LogP contribution in [-0.4, -0.2) is 59.0 Å². The number of hydrogen-bond acceptors (Lipinski definition) is 5. The van der Waals surface area contributed by atoms with Gasteiger partial charge in [0.05, 0.1) is 16.8 Å². The largest absolute Gasteiger partial charge is 0.403 e. The maximum atomic E-state index is 13.8. The fourth-order valence-electron chi connectivity index (χ4n) is 4.23. The Bertz CT molecular complexity index is 1180. The average Bonchev–Trinajstić information content (AvgIpc) is 3.66. The second kappa shape index (κ2) is 10.5. The molecule has 3 rings (SSSR count). The monoisotopic (exact) mass is 543 g/mol. The van der Waals surface area contributed by atoms with Gasteiger partial charge in [-0.25, -0.2) is 4.39 Å². The first-order valence-corrected chi connectivity index (χ1v) is 11.7. The lowest BCUT2D eigenvalue weighted by Gasteiger charge is -2.46. The number of hydrogen-bond donors (Lipinski definition) is 3. The molecule has 200 valence electrons. The molecule has 13 heteroatoms. The molecule has 4 N–H and O–H groups in total. The van der Waals surface area contributed by atoms with Crippen LogP contribution < -0.4 is 11.1 Å². The van der Waals surface area contributed by atoms with E-state index < -0.39 is 47.2 Å². The van der Waals surface area contributed by atoms with Crippen molar-refractivity contribution < 1.29 is 31.9 Å². The summed E-state index contributed by atoms with van der Waals surface area (Å²) in [7, 11) is 0. The SMILES string of the molecule is C/C(C=N)=C/C(=C\N)NC(=O)C(=O)N1C[C@@H](C)N(C(=O)C2(C(F)(F)F)CC2)C[C@@H]1c1ccc(F)c(Cl)c1. The molecule has 1 saturated carbocycles. The third kappa shape index (κ3) is 5.63. The number of carbonyl (C=O) groups is 3. The molecule has 0 aromatic heterocycles. The van der Waals surface area contributed by atoms with E-state index in [0.717, 1.165) is 28.3 Å². The van der Waals surface area contributed by atoms with Crippen molar-refractivity contribution in [3.05, 3.63) is 58.1 Å². The predicted octanol–water partition coefficient (Wildman–Crippen LogP) is 3.43. The number of carbonyl (C=O) groups excluding carboxylic acids is 3. The van der Waals surface area contributed by atoms with Crippen LogP contribution in [0.3, 0.4) is 0 Å². The number of benzene rings is 1. The number of nitrogens with two attached hydrogens (primary N) is 1. The second-order valence-corrected chi connectivity index (χ2v) is 9.55. The van der Waals surface area contributed by atoms with E-state index in [9.17, 15) is 31.9 Å². The molecule has 0 unspecified atom stereocenters. The van der Waals surface area contributed by atoms with Gasteiger partial charge in [-0.05, 0) is 56.0 Å². The first-order valence-electron chi connectivity index (χ1n) is 11.3. The van der Waals surface area contributed by atoms with Gasteiger partial charge >= 0.3 is 18.0 Å². The Balaban J connectivity index is 1.94. The molecule has 1 saturated heterocycles. The number of nitrogens with one attached hydrogen (secondary N) is 2. The summed E-state index contributed by atoms with van der Waals surface area (Å²) in [5.41, 5.74) is 3.75. The molecule has 0 spiro atoms. The molecule has 1 aromatic rings. The Morgan fingerprint density at radius 1 is 1.22 bits per heavy atom. The summed E-state index contributed by atoms with van der Waals surface area (Å²) in [5, 5.41) is 9.28. The maximum absolute atomic E-state index is 13.8. The number of nitrogens with zero attached hydrogens (tertiary/aromatic N) is 2. The van der Waals surface area contributed by atoms with Crippen LogP contribution in [0.25, 0.3) is 0 Å². The molecular formula is C24H26ClF4N5O3. The van der Waals surface area contributed by atoms with E-state index in [1.807, 2.05) is 0 Å². The molecule has 2 atom stereocenters. The van der Waals surface area contributed by atoms with Crippen LogP contribution in [-0.2, 0) is 14.4 Å². The van der Waals surface area contributed by atoms with E-state index in [4.69, 9.17) is 22.7 Å². The molecular weight excluding hydrogens is 518 g/mol. The molecule has 2 fully saturated rings. The van der Waals surface area contributed by atoms with Gasteiger partial charge in [-0.1, -0.05) is 17.7 Å². The fourth-order valence-corrected chi connectivity index (χ4v) is 4.42. The zero-order chi connectivity index (χ0) is 27.7. The van der Waals surface area contributed by atoms with Crippen molar-refractivity contribution >= 4 is 35.5 Å². The Labute approximate surface area is 215 Å². The minimum Gasteiger partial charge on any atom is -0.403 e. The third-order valence-electron chi connectivity index (χ3n) is 6.53. The van der Waals surface area contributed by atoms with E-state index in [2.05, 4.69) is 5.32 Å². The van der Waals surface area contributed by atoms with Gasteiger partial charge in [-0.15, -0.1) is 0 Å². The Morgan fingerprint density at radius 3 is 2.38 bits per heavy atom. The Morgan fingerprint density at radius 2 is 1.86 bits per heavy atom. The van der Waals surface area contributed by atoms with E-state index >= 15 is 0 Å². The molecule has 1 aromatic carbocycles. The normalized spacial score (nSPS) is 21.9. The van der Waals surface area contributed by atoms with Crippen molar-refractivity contribution in [3.8, 4) is 0 Å². The molecule has 0 bridgehead atoms. The predicted molar refractivity (Wildman–Crippen MR) is 128 cm³/mol. The summed E-state index contributed by atoms with van der Waals surface area (Å²) >= 11 is 5.91. The van der Waals surface area contributed by atoms with Crippen molar-refractivity contribution in [3.63, 3.8) is 0 Å². The lowest BCUT2D eigenvalue weighted by Crippen LogP contribution is -2.61. The number of piperazine rings is 1. The molecule has 8 nitrogen and oxygen atoms in total. The molecule has 1 heterocycles. The highest BCUT2D eigenvalue weighted by molar-refractivity contribution is 6.35. The number of rotatable bonds is 5. The molecule has 0 radical (unpaired) electrons. The highest BCUT2D eigenvalue weighted by atomic mass is 35.5. The summed E-state index contributed by atoms with van der Waals surface area (Å²) in [4.78, 5) is 41.3. The summed E-state index contributed by atoms with van der Waals surface area (Å²) < 4.78 is 54.8. The van der Waals surface area contributed by atoms with E-state index in [0.29, 0.717) is 5.57 Å². The van der Waals surface area contributed by atoms with Crippen LogP contribution in [0.15, 0.2) is 41.7 Å². The molecule has 3 amide bonds. The number of allylic oxidation sites excluding steroid dienone is 2. The topological polar surface area (TPSA) is 120 Å². The summed E-state index contributed by atoms with van der Waals surface area (Å²) in [6.45, 7) is 2.44. The van der Waals surface area contributed by atoms with Crippen molar-refractivity contribution in [1.82, 2.24) is 15.1 Å². The molecule has 1 aliphatic heterocycles. The van der Waals surface area contributed by atoms with E-state index in [1.165, 1.54) is 25.1 Å². The van der Waals surface area contributed by atoms with Gasteiger partial charge in [-0.2, -0.15) is 13.2 Å². The van der Waals surface area contributed by atoms with Crippen LogP contribution in [0.4, 0.5) is 17.6 Å². The van der Waals surface area contributed by atoms with Crippen molar-refractivity contribution in [2.45, 2.75) is 44.9 Å². The van der Waals surface area contributed by atoms with Gasteiger partial charge in [-0.3, -0.25) is 14.4 Å². The molecule has 2 aliphatic rings. The van der Waals surface area contributed by atoms with Gasteiger partial charge < -0.3 is 26.3 Å². The highest BCUT2D eigenvalue weighted by Crippen LogP contribution is 2.59. The summed E-state index contributed by atoms with van der Waals surface area (Å²) in [6, 6.07) is 1.60. The lowest BCUT2D eigenvalue weighted by atomic mass is 9.96. The highest BCUT2D eigenvalue weighted by Gasteiger charge is 2.70. The van der Waals surface area contributed by atoms with Crippen molar-refractivity contribution in [2.75, 3.05) is 13.1 Å². The minimum atomic E-state index is -4.72. The van der Waals surface area contributed by atoms with Gasteiger partial charge in [0.15, 0.2) is 0 Å².